The molecule has 3 heterocycles. The number of aryl methyl sites for hydroxylation is 2. The van der Waals surface area contributed by atoms with E-state index < -0.39 is 0 Å². The molecule has 1 N–H and O–H groups in total. The molecule has 0 bridgehead atoms. The highest BCUT2D eigenvalue weighted by molar-refractivity contribution is 6.03. The normalized spacial score (nSPS) is 10.9. The fourth-order valence-corrected chi connectivity index (χ4v) is 3.80. The van der Waals surface area contributed by atoms with E-state index in [0.29, 0.717) is 28.8 Å². The second kappa shape index (κ2) is 9.46. The molecule has 36 heavy (non-hydrogen) atoms. The summed E-state index contributed by atoms with van der Waals surface area (Å²) in [6.45, 7) is 6.00. The highest BCUT2D eigenvalue weighted by Gasteiger charge is 2.15. The van der Waals surface area contributed by atoms with Crippen LogP contribution in [0.2, 0.25) is 0 Å². The van der Waals surface area contributed by atoms with Crippen LogP contribution in [-0.2, 0) is 7.05 Å². The number of anilines is 1. The van der Waals surface area contributed by atoms with Gasteiger partial charge < -0.3 is 10.1 Å². The van der Waals surface area contributed by atoms with E-state index in [9.17, 15) is 4.79 Å². The van der Waals surface area contributed by atoms with E-state index in [1.54, 1.807) is 52.8 Å². The van der Waals surface area contributed by atoms with E-state index in [0.717, 1.165) is 28.2 Å². The Morgan fingerprint density at radius 3 is 2.36 bits per heavy atom. The van der Waals surface area contributed by atoms with Gasteiger partial charge in [0.05, 0.1) is 11.4 Å². The van der Waals surface area contributed by atoms with Gasteiger partial charge in [0.1, 0.15) is 17.8 Å². The molecule has 0 aliphatic heterocycles. The molecule has 0 saturated carbocycles. The van der Waals surface area contributed by atoms with Crippen molar-refractivity contribution in [2.45, 2.75) is 20.8 Å². The van der Waals surface area contributed by atoms with Crippen molar-refractivity contribution in [2.24, 2.45) is 7.05 Å². The standard InChI is InChI=1S/C27H25N7O2/c1-17-18(2)31-34(19(17)3)25-15-26(29-16-28-25)36-22-12-10-21(11-13-22)30-27(35)24-14-23(32-33(24)4)20-8-6-5-7-9-20/h5-16H,1-4H3,(H,30,35). The summed E-state index contributed by atoms with van der Waals surface area (Å²) in [6.07, 6.45) is 1.45. The molecule has 0 aliphatic rings. The number of nitrogens with zero attached hydrogens (tertiary/aromatic N) is 6. The maximum Gasteiger partial charge on any atom is 0.273 e. The van der Waals surface area contributed by atoms with Gasteiger partial charge in [-0.25, -0.2) is 14.6 Å². The van der Waals surface area contributed by atoms with E-state index in [1.165, 1.54) is 6.33 Å². The number of nitrogens with one attached hydrogen (secondary N) is 1. The molecule has 9 nitrogen and oxygen atoms in total. The first-order chi connectivity index (χ1) is 17.4. The van der Waals surface area contributed by atoms with Crippen LogP contribution in [-0.4, -0.2) is 35.4 Å². The number of aromatic nitrogens is 6. The van der Waals surface area contributed by atoms with Crippen LogP contribution < -0.4 is 10.1 Å². The van der Waals surface area contributed by atoms with Gasteiger partial charge in [-0.2, -0.15) is 10.2 Å². The van der Waals surface area contributed by atoms with Crippen LogP contribution in [0, 0.1) is 20.8 Å². The van der Waals surface area contributed by atoms with Gasteiger partial charge in [0.25, 0.3) is 5.91 Å². The molecule has 0 atom stereocenters. The average molecular weight is 480 g/mol. The summed E-state index contributed by atoms with van der Waals surface area (Å²) >= 11 is 0. The van der Waals surface area contributed by atoms with Gasteiger partial charge in [-0.05, 0) is 56.7 Å². The highest BCUT2D eigenvalue weighted by atomic mass is 16.5. The van der Waals surface area contributed by atoms with E-state index >= 15 is 0 Å². The molecule has 9 heteroatoms. The Morgan fingerprint density at radius 2 is 1.67 bits per heavy atom. The van der Waals surface area contributed by atoms with Crippen molar-refractivity contribution in [3.63, 3.8) is 0 Å². The number of ether oxygens (including phenoxy) is 1. The molecule has 0 aliphatic carbocycles. The number of amides is 1. The third kappa shape index (κ3) is 4.58. The summed E-state index contributed by atoms with van der Waals surface area (Å²) in [5.41, 5.74) is 5.88. The smallest absolute Gasteiger partial charge is 0.273 e. The predicted molar refractivity (Wildman–Crippen MR) is 136 cm³/mol. The number of hydrogen-bond acceptors (Lipinski definition) is 6. The second-order valence-corrected chi connectivity index (χ2v) is 8.41. The summed E-state index contributed by atoms with van der Waals surface area (Å²) in [5.74, 6) is 1.35. The second-order valence-electron chi connectivity index (χ2n) is 8.41. The van der Waals surface area contributed by atoms with Gasteiger partial charge in [0.15, 0.2) is 5.82 Å². The number of carbonyl (C=O) groups excluding carboxylic acids is 1. The Kier molecular flexibility index (Phi) is 6.03. The fraction of sp³-hybridized carbons (Fsp3) is 0.148. The zero-order chi connectivity index (χ0) is 25.2. The molecular formula is C27H25N7O2. The maximum atomic E-state index is 12.9. The minimum Gasteiger partial charge on any atom is -0.439 e. The van der Waals surface area contributed by atoms with Crippen molar-refractivity contribution in [3.05, 3.63) is 95.7 Å². The third-order valence-electron chi connectivity index (χ3n) is 6.01. The van der Waals surface area contributed by atoms with Crippen molar-refractivity contribution >= 4 is 11.6 Å². The van der Waals surface area contributed by atoms with Crippen LogP contribution in [0.15, 0.2) is 73.1 Å². The van der Waals surface area contributed by atoms with Crippen LogP contribution in [0.1, 0.15) is 27.4 Å². The predicted octanol–water partition coefficient (Wildman–Crippen LogP) is 5.03. The van der Waals surface area contributed by atoms with Crippen LogP contribution in [0.3, 0.4) is 0 Å². The number of rotatable bonds is 6. The van der Waals surface area contributed by atoms with E-state index in [2.05, 4.69) is 25.5 Å². The Hall–Kier alpha value is -4.79. The topological polar surface area (TPSA) is 99.8 Å². The molecule has 5 rings (SSSR count). The van der Waals surface area contributed by atoms with Crippen LogP contribution in [0.25, 0.3) is 17.1 Å². The van der Waals surface area contributed by atoms with Crippen molar-refractivity contribution in [1.82, 2.24) is 29.5 Å². The maximum absolute atomic E-state index is 12.9. The fourth-order valence-electron chi connectivity index (χ4n) is 3.80. The number of carbonyl (C=O) groups is 1. The van der Waals surface area contributed by atoms with Crippen molar-refractivity contribution in [1.29, 1.82) is 0 Å². The summed E-state index contributed by atoms with van der Waals surface area (Å²) in [6, 6.07) is 20.3. The minimum absolute atomic E-state index is 0.249. The monoisotopic (exact) mass is 479 g/mol. The zero-order valence-corrected chi connectivity index (χ0v) is 20.4. The van der Waals surface area contributed by atoms with Crippen molar-refractivity contribution in [3.8, 4) is 28.7 Å². The molecule has 180 valence electrons. The molecule has 0 saturated heterocycles. The lowest BCUT2D eigenvalue weighted by Gasteiger charge is -2.09. The summed E-state index contributed by atoms with van der Waals surface area (Å²) < 4.78 is 9.27. The SMILES string of the molecule is Cc1nn(-c2cc(Oc3ccc(NC(=O)c4cc(-c5ccccc5)nn4C)cc3)ncn2)c(C)c1C. The summed E-state index contributed by atoms with van der Waals surface area (Å²) in [5, 5.41) is 11.9. The van der Waals surface area contributed by atoms with Gasteiger partial charge in [-0.15, -0.1) is 0 Å². The Labute approximate surface area is 208 Å². The van der Waals surface area contributed by atoms with E-state index in [-0.39, 0.29) is 5.91 Å². The largest absolute Gasteiger partial charge is 0.439 e. The molecule has 0 unspecified atom stereocenters. The molecule has 3 aromatic heterocycles. The Morgan fingerprint density at radius 1 is 0.917 bits per heavy atom. The Balaban J connectivity index is 1.28. The van der Waals surface area contributed by atoms with Gasteiger partial charge in [-0.1, -0.05) is 30.3 Å². The first kappa shape index (κ1) is 23.0. The molecule has 0 radical (unpaired) electrons. The van der Waals surface area contributed by atoms with Crippen LogP contribution >= 0.6 is 0 Å². The zero-order valence-electron chi connectivity index (χ0n) is 20.4. The molecule has 5 aromatic rings. The van der Waals surface area contributed by atoms with E-state index in [1.807, 2.05) is 51.1 Å². The first-order valence-electron chi connectivity index (χ1n) is 11.4. The van der Waals surface area contributed by atoms with Gasteiger partial charge in [-0.3, -0.25) is 9.48 Å². The average Bonchev–Trinajstić information content (AvgIpc) is 3.41. The van der Waals surface area contributed by atoms with Crippen molar-refractivity contribution < 1.29 is 9.53 Å². The highest BCUT2D eigenvalue weighted by Crippen LogP contribution is 2.24. The summed E-state index contributed by atoms with van der Waals surface area (Å²) in [7, 11) is 1.75. The van der Waals surface area contributed by atoms with Crippen molar-refractivity contribution in [2.75, 3.05) is 5.32 Å². The first-order valence-corrected chi connectivity index (χ1v) is 11.4. The third-order valence-corrected chi connectivity index (χ3v) is 6.01. The molecule has 0 fully saturated rings. The lowest BCUT2D eigenvalue weighted by Crippen LogP contribution is -2.15. The van der Waals surface area contributed by atoms with Crippen LogP contribution in [0.4, 0.5) is 5.69 Å². The van der Waals surface area contributed by atoms with Gasteiger partial charge >= 0.3 is 0 Å². The summed E-state index contributed by atoms with van der Waals surface area (Å²) in [4.78, 5) is 21.4. The number of hydrogen-bond donors (Lipinski definition) is 1. The quantitative estimate of drug-likeness (QED) is 0.367. The molecule has 2 aromatic carbocycles. The molecule has 0 spiro atoms. The van der Waals surface area contributed by atoms with Gasteiger partial charge in [0, 0.05) is 30.1 Å². The lowest BCUT2D eigenvalue weighted by molar-refractivity contribution is 0.101. The molecule has 1 amide bonds. The Bertz CT molecular complexity index is 1540. The number of benzene rings is 2. The van der Waals surface area contributed by atoms with Gasteiger partial charge in [0.2, 0.25) is 5.88 Å². The molecular weight excluding hydrogens is 454 g/mol. The minimum atomic E-state index is -0.249. The van der Waals surface area contributed by atoms with E-state index in [4.69, 9.17) is 4.74 Å². The lowest BCUT2D eigenvalue weighted by atomic mass is 10.1. The van der Waals surface area contributed by atoms with Crippen LogP contribution in [0.5, 0.6) is 11.6 Å².